The lowest BCUT2D eigenvalue weighted by molar-refractivity contribution is -0.129. The number of hydrogen-bond donors (Lipinski definition) is 2. The topological polar surface area (TPSA) is 55.1 Å². The Bertz CT molecular complexity index is 324. The van der Waals surface area contributed by atoms with Crippen molar-refractivity contribution < 1.29 is 4.79 Å². The van der Waals surface area contributed by atoms with E-state index in [4.69, 9.17) is 18.0 Å². The molecule has 2 unspecified atom stereocenters. The standard InChI is InChI=1S/C15H28N2OS/c1-4-9-15(10-5-2,13(16)19)14(18)17-12-8-6-7-11(12)3/h11-12H,4-10H2,1-3H3,(H2,16,19)(H,17,18). The van der Waals surface area contributed by atoms with Crippen molar-refractivity contribution in [3.8, 4) is 0 Å². The van der Waals surface area contributed by atoms with Crippen LogP contribution < -0.4 is 11.1 Å². The summed E-state index contributed by atoms with van der Waals surface area (Å²) in [6.07, 6.45) is 6.83. The molecule has 1 rings (SSSR count). The summed E-state index contributed by atoms with van der Waals surface area (Å²) in [5.41, 5.74) is 5.29. The zero-order chi connectivity index (χ0) is 14.5. The van der Waals surface area contributed by atoms with Crippen LogP contribution in [0, 0.1) is 11.3 Å². The summed E-state index contributed by atoms with van der Waals surface area (Å²) in [7, 11) is 0. The Morgan fingerprint density at radius 3 is 2.26 bits per heavy atom. The molecular weight excluding hydrogens is 256 g/mol. The quantitative estimate of drug-likeness (QED) is 0.706. The molecule has 19 heavy (non-hydrogen) atoms. The maximum Gasteiger partial charge on any atom is 0.233 e. The zero-order valence-corrected chi connectivity index (χ0v) is 13.3. The normalized spacial score (nSPS) is 23.3. The molecule has 2 atom stereocenters. The molecule has 0 heterocycles. The number of hydrogen-bond acceptors (Lipinski definition) is 2. The SMILES string of the molecule is CCCC(CCC)(C(=O)NC1CCCC1C)C(N)=S. The van der Waals surface area contributed by atoms with Crippen LogP contribution in [0.2, 0.25) is 0 Å². The third-order valence-electron chi connectivity index (χ3n) is 4.44. The van der Waals surface area contributed by atoms with Crippen LogP contribution in [0.25, 0.3) is 0 Å². The summed E-state index contributed by atoms with van der Waals surface area (Å²) in [6, 6.07) is 0.301. The van der Waals surface area contributed by atoms with Gasteiger partial charge in [-0.3, -0.25) is 4.79 Å². The van der Waals surface area contributed by atoms with Crippen LogP contribution >= 0.6 is 12.2 Å². The van der Waals surface area contributed by atoms with Crippen LogP contribution in [0.5, 0.6) is 0 Å². The molecule has 0 aliphatic heterocycles. The highest BCUT2D eigenvalue weighted by atomic mass is 32.1. The second-order valence-electron chi connectivity index (χ2n) is 5.93. The van der Waals surface area contributed by atoms with E-state index in [-0.39, 0.29) is 5.91 Å². The molecule has 1 aliphatic carbocycles. The van der Waals surface area contributed by atoms with Crippen molar-refractivity contribution in [3.63, 3.8) is 0 Å². The molecule has 0 aromatic carbocycles. The van der Waals surface area contributed by atoms with Gasteiger partial charge in [-0.1, -0.05) is 52.3 Å². The zero-order valence-electron chi connectivity index (χ0n) is 12.5. The minimum Gasteiger partial charge on any atom is -0.392 e. The molecule has 1 amide bonds. The molecule has 0 aromatic rings. The maximum absolute atomic E-state index is 12.7. The highest BCUT2D eigenvalue weighted by Crippen LogP contribution is 2.33. The minimum absolute atomic E-state index is 0.0578. The number of thiocarbonyl (C=S) groups is 1. The summed E-state index contributed by atoms with van der Waals surface area (Å²) < 4.78 is 0. The van der Waals surface area contributed by atoms with Gasteiger partial charge in [0.1, 0.15) is 0 Å². The van der Waals surface area contributed by atoms with E-state index >= 15 is 0 Å². The molecule has 0 saturated heterocycles. The summed E-state index contributed by atoms with van der Waals surface area (Å²) in [6.45, 7) is 6.36. The van der Waals surface area contributed by atoms with Crippen molar-refractivity contribution in [1.82, 2.24) is 5.32 Å². The first-order valence-corrected chi connectivity index (χ1v) is 7.99. The minimum atomic E-state index is -0.638. The van der Waals surface area contributed by atoms with Crippen LogP contribution in [-0.4, -0.2) is 16.9 Å². The average molecular weight is 284 g/mol. The van der Waals surface area contributed by atoms with E-state index in [1.165, 1.54) is 12.8 Å². The number of nitrogens with one attached hydrogen (secondary N) is 1. The van der Waals surface area contributed by atoms with Gasteiger partial charge in [0, 0.05) is 6.04 Å². The molecular formula is C15H28N2OS. The molecule has 1 fully saturated rings. The second kappa shape index (κ2) is 7.22. The van der Waals surface area contributed by atoms with Crippen LogP contribution in [-0.2, 0) is 4.79 Å². The van der Waals surface area contributed by atoms with Gasteiger partial charge in [0.2, 0.25) is 5.91 Å². The fourth-order valence-corrected chi connectivity index (χ4v) is 3.53. The summed E-state index contributed by atoms with van der Waals surface area (Å²) >= 11 is 5.22. The van der Waals surface area contributed by atoms with Crippen molar-refractivity contribution in [3.05, 3.63) is 0 Å². The first-order chi connectivity index (χ1) is 8.97. The number of amides is 1. The van der Waals surface area contributed by atoms with E-state index in [2.05, 4.69) is 26.1 Å². The van der Waals surface area contributed by atoms with E-state index in [1.807, 2.05) is 0 Å². The Morgan fingerprint density at radius 1 is 1.32 bits per heavy atom. The maximum atomic E-state index is 12.7. The molecule has 0 bridgehead atoms. The lowest BCUT2D eigenvalue weighted by Crippen LogP contribution is -2.52. The molecule has 1 saturated carbocycles. The Morgan fingerprint density at radius 2 is 1.89 bits per heavy atom. The van der Waals surface area contributed by atoms with Gasteiger partial charge >= 0.3 is 0 Å². The van der Waals surface area contributed by atoms with Crippen LogP contribution in [0.4, 0.5) is 0 Å². The van der Waals surface area contributed by atoms with E-state index < -0.39 is 5.41 Å². The van der Waals surface area contributed by atoms with Gasteiger partial charge in [0.25, 0.3) is 0 Å². The van der Waals surface area contributed by atoms with Crippen molar-refractivity contribution in [2.45, 2.75) is 71.8 Å². The van der Waals surface area contributed by atoms with Gasteiger partial charge in [0.15, 0.2) is 0 Å². The number of rotatable bonds is 7. The third-order valence-corrected chi connectivity index (χ3v) is 4.83. The molecule has 3 nitrogen and oxygen atoms in total. The van der Waals surface area contributed by atoms with E-state index in [0.717, 1.165) is 32.1 Å². The van der Waals surface area contributed by atoms with Gasteiger partial charge in [-0.2, -0.15) is 0 Å². The van der Waals surface area contributed by atoms with Gasteiger partial charge in [-0.15, -0.1) is 0 Å². The summed E-state index contributed by atoms with van der Waals surface area (Å²) in [4.78, 5) is 13.1. The number of carbonyl (C=O) groups excluding carboxylic acids is 1. The van der Waals surface area contributed by atoms with Gasteiger partial charge in [-0.25, -0.2) is 0 Å². The molecule has 3 N–H and O–H groups in total. The van der Waals surface area contributed by atoms with Gasteiger partial charge < -0.3 is 11.1 Å². The lowest BCUT2D eigenvalue weighted by Gasteiger charge is -2.33. The van der Waals surface area contributed by atoms with E-state index in [9.17, 15) is 4.79 Å². The van der Waals surface area contributed by atoms with E-state index in [0.29, 0.717) is 16.9 Å². The lowest BCUT2D eigenvalue weighted by atomic mass is 9.78. The molecule has 4 heteroatoms. The molecule has 110 valence electrons. The predicted octanol–water partition coefficient (Wildman–Crippen LogP) is 3.16. The third kappa shape index (κ3) is 3.68. The van der Waals surface area contributed by atoms with Crippen molar-refractivity contribution >= 4 is 23.1 Å². The summed E-state index contributed by atoms with van der Waals surface area (Å²) in [5, 5.41) is 3.21. The largest absolute Gasteiger partial charge is 0.392 e. The second-order valence-corrected chi connectivity index (χ2v) is 6.37. The Labute approximate surface area is 122 Å². The fourth-order valence-electron chi connectivity index (χ4n) is 3.23. The van der Waals surface area contributed by atoms with Crippen LogP contribution in [0.15, 0.2) is 0 Å². The first-order valence-electron chi connectivity index (χ1n) is 7.58. The molecule has 0 radical (unpaired) electrons. The van der Waals surface area contributed by atoms with Gasteiger partial charge in [0.05, 0.1) is 10.4 Å². The highest BCUT2D eigenvalue weighted by molar-refractivity contribution is 7.80. The number of nitrogens with two attached hydrogens (primary N) is 1. The fraction of sp³-hybridized carbons (Fsp3) is 0.867. The highest BCUT2D eigenvalue weighted by Gasteiger charge is 2.41. The van der Waals surface area contributed by atoms with Crippen molar-refractivity contribution in [1.29, 1.82) is 0 Å². The van der Waals surface area contributed by atoms with Crippen LogP contribution in [0.1, 0.15) is 65.7 Å². The van der Waals surface area contributed by atoms with Gasteiger partial charge in [-0.05, 0) is 31.6 Å². The molecule has 0 spiro atoms. The number of carbonyl (C=O) groups is 1. The van der Waals surface area contributed by atoms with Crippen molar-refractivity contribution in [2.24, 2.45) is 17.1 Å². The average Bonchev–Trinajstić information content (AvgIpc) is 2.74. The Kier molecular flexibility index (Phi) is 6.24. The predicted molar refractivity (Wildman–Crippen MR) is 84.0 cm³/mol. The first kappa shape index (κ1) is 16.4. The monoisotopic (exact) mass is 284 g/mol. The van der Waals surface area contributed by atoms with E-state index in [1.54, 1.807) is 0 Å². The molecule has 0 aromatic heterocycles. The smallest absolute Gasteiger partial charge is 0.233 e. The van der Waals surface area contributed by atoms with Crippen LogP contribution in [0.3, 0.4) is 0 Å². The Balaban J connectivity index is 2.83. The Hall–Kier alpha value is -0.640. The molecule has 1 aliphatic rings. The summed E-state index contributed by atoms with van der Waals surface area (Å²) in [5.74, 6) is 0.624. The van der Waals surface area contributed by atoms with Crippen molar-refractivity contribution in [2.75, 3.05) is 0 Å².